The number of ether oxygens (including phenoxy) is 1. The molecule has 0 spiro atoms. The van der Waals surface area contributed by atoms with Crippen LogP contribution in [-0.4, -0.2) is 38.3 Å². The van der Waals surface area contributed by atoms with Crippen molar-refractivity contribution in [2.24, 2.45) is 0 Å². The largest absolute Gasteiger partial charge is 0.451 e. The molecule has 1 amide bonds. The Hall–Kier alpha value is -2.96. The summed E-state index contributed by atoms with van der Waals surface area (Å²) in [7, 11) is 0. The van der Waals surface area contributed by atoms with Crippen molar-refractivity contribution < 1.29 is 18.8 Å². The van der Waals surface area contributed by atoms with Gasteiger partial charge in [0.1, 0.15) is 24.7 Å². The van der Waals surface area contributed by atoms with Crippen LogP contribution in [0.5, 0.6) is 0 Å². The standard InChI is InChI=1S/C23H24N2O4/c1-16(22(17-7-3-2-4-8-17)25-11-13-28-14-12-25)24-23(27)21-15-19(26)18-9-5-6-10-20(18)29-21/h2-10,15-16,22H,11-14H2,1H3,(H,24,27)/p+1/t16-,22-/m1/s1. The summed E-state index contributed by atoms with van der Waals surface area (Å²) in [5.74, 6) is -0.349. The molecule has 6 nitrogen and oxygen atoms in total. The maximum Gasteiger partial charge on any atom is 0.287 e. The van der Waals surface area contributed by atoms with E-state index >= 15 is 0 Å². The number of carbonyl (C=O) groups is 1. The number of nitrogens with one attached hydrogen (secondary N) is 2. The van der Waals surface area contributed by atoms with Crippen LogP contribution in [0.3, 0.4) is 0 Å². The molecule has 29 heavy (non-hydrogen) atoms. The van der Waals surface area contributed by atoms with Gasteiger partial charge in [0.2, 0.25) is 0 Å². The average Bonchev–Trinajstić information content (AvgIpc) is 2.75. The molecular weight excluding hydrogens is 368 g/mol. The molecule has 150 valence electrons. The van der Waals surface area contributed by atoms with Gasteiger partial charge in [0.05, 0.1) is 24.6 Å². The van der Waals surface area contributed by atoms with Crippen molar-refractivity contribution in [3.05, 3.63) is 82.2 Å². The van der Waals surface area contributed by atoms with Crippen molar-refractivity contribution in [1.82, 2.24) is 5.32 Å². The molecule has 0 unspecified atom stereocenters. The number of fused-ring (bicyclic) bond motifs is 1. The van der Waals surface area contributed by atoms with Crippen LogP contribution in [0.1, 0.15) is 29.1 Å². The van der Waals surface area contributed by atoms with Crippen LogP contribution in [-0.2, 0) is 4.74 Å². The van der Waals surface area contributed by atoms with Crippen molar-refractivity contribution in [3.63, 3.8) is 0 Å². The first-order chi connectivity index (χ1) is 14.1. The van der Waals surface area contributed by atoms with E-state index in [0.717, 1.165) is 18.7 Å². The second kappa shape index (κ2) is 8.59. The molecule has 2 aromatic carbocycles. The maximum absolute atomic E-state index is 12.9. The van der Waals surface area contributed by atoms with E-state index in [1.54, 1.807) is 24.3 Å². The van der Waals surface area contributed by atoms with Crippen LogP contribution in [0.15, 0.2) is 69.9 Å². The summed E-state index contributed by atoms with van der Waals surface area (Å²) in [5.41, 5.74) is 1.36. The lowest BCUT2D eigenvalue weighted by atomic mass is 9.98. The van der Waals surface area contributed by atoms with Gasteiger partial charge >= 0.3 is 0 Å². The molecule has 1 fully saturated rings. The predicted octanol–water partition coefficient (Wildman–Crippen LogP) is 1.57. The molecule has 1 saturated heterocycles. The molecule has 0 radical (unpaired) electrons. The van der Waals surface area contributed by atoms with Crippen molar-refractivity contribution in [1.29, 1.82) is 0 Å². The SMILES string of the molecule is C[C@@H](NC(=O)c1cc(=O)c2ccccc2o1)[C@H](c1ccccc1)[NH+]1CCOCC1. The molecule has 2 N–H and O–H groups in total. The number of hydrogen-bond donors (Lipinski definition) is 2. The molecule has 0 aliphatic carbocycles. The second-order valence-electron chi connectivity index (χ2n) is 7.39. The number of rotatable bonds is 5. The van der Waals surface area contributed by atoms with E-state index in [4.69, 9.17) is 9.15 Å². The molecular formula is C23H25N2O4+. The van der Waals surface area contributed by atoms with Gasteiger partial charge in [-0.3, -0.25) is 9.59 Å². The summed E-state index contributed by atoms with van der Waals surface area (Å²) in [6, 6.07) is 18.3. The van der Waals surface area contributed by atoms with Crippen LogP contribution in [0.25, 0.3) is 11.0 Å². The van der Waals surface area contributed by atoms with E-state index < -0.39 is 0 Å². The molecule has 0 bridgehead atoms. The molecule has 2 atom stereocenters. The monoisotopic (exact) mass is 393 g/mol. The van der Waals surface area contributed by atoms with Crippen molar-refractivity contribution in [2.45, 2.75) is 19.0 Å². The van der Waals surface area contributed by atoms with Crippen molar-refractivity contribution in [3.8, 4) is 0 Å². The first-order valence-corrected chi connectivity index (χ1v) is 9.94. The minimum absolute atomic E-state index is 0.0318. The fraction of sp³-hybridized carbons (Fsp3) is 0.304. The maximum atomic E-state index is 12.9. The molecule has 1 aliphatic rings. The number of hydrogen-bond acceptors (Lipinski definition) is 4. The van der Waals surface area contributed by atoms with E-state index in [9.17, 15) is 9.59 Å². The van der Waals surface area contributed by atoms with Gasteiger partial charge in [0.15, 0.2) is 11.2 Å². The third kappa shape index (κ3) is 4.23. The van der Waals surface area contributed by atoms with E-state index in [-0.39, 0.29) is 29.2 Å². The Bertz CT molecular complexity index is 1040. The Morgan fingerprint density at radius 2 is 1.72 bits per heavy atom. The van der Waals surface area contributed by atoms with Crippen molar-refractivity contribution in [2.75, 3.05) is 26.3 Å². The molecule has 0 saturated carbocycles. The minimum Gasteiger partial charge on any atom is -0.451 e. The minimum atomic E-state index is -0.381. The summed E-state index contributed by atoms with van der Waals surface area (Å²) in [4.78, 5) is 26.6. The highest BCUT2D eigenvalue weighted by atomic mass is 16.5. The predicted molar refractivity (Wildman–Crippen MR) is 110 cm³/mol. The molecule has 1 aromatic heterocycles. The summed E-state index contributed by atoms with van der Waals surface area (Å²) >= 11 is 0. The van der Waals surface area contributed by atoms with Crippen LogP contribution in [0.4, 0.5) is 0 Å². The summed E-state index contributed by atoms with van der Waals surface area (Å²) < 4.78 is 11.2. The summed E-state index contributed by atoms with van der Waals surface area (Å²) in [6.45, 7) is 5.17. The van der Waals surface area contributed by atoms with Gasteiger partial charge in [0.25, 0.3) is 5.91 Å². The van der Waals surface area contributed by atoms with E-state index in [1.807, 2.05) is 25.1 Å². The average molecular weight is 393 g/mol. The normalized spacial score (nSPS) is 17.0. The van der Waals surface area contributed by atoms with Gasteiger partial charge in [-0.1, -0.05) is 42.5 Å². The van der Waals surface area contributed by atoms with Crippen LogP contribution in [0.2, 0.25) is 0 Å². The lowest BCUT2D eigenvalue weighted by molar-refractivity contribution is -0.940. The lowest BCUT2D eigenvalue weighted by Crippen LogP contribution is -3.15. The Kier molecular flexibility index (Phi) is 5.74. The number of benzene rings is 2. The van der Waals surface area contributed by atoms with Crippen molar-refractivity contribution >= 4 is 16.9 Å². The fourth-order valence-corrected chi connectivity index (χ4v) is 4.06. The van der Waals surface area contributed by atoms with Gasteiger partial charge in [-0.05, 0) is 19.1 Å². The zero-order valence-corrected chi connectivity index (χ0v) is 16.4. The molecule has 6 heteroatoms. The van der Waals surface area contributed by atoms with Gasteiger partial charge < -0.3 is 19.4 Å². The zero-order valence-electron chi connectivity index (χ0n) is 16.4. The number of amides is 1. The van der Waals surface area contributed by atoms with Gasteiger partial charge in [-0.25, -0.2) is 0 Å². The third-order valence-corrected chi connectivity index (χ3v) is 5.45. The van der Waals surface area contributed by atoms with Crippen LogP contribution < -0.4 is 15.6 Å². The molecule has 4 rings (SSSR count). The van der Waals surface area contributed by atoms with Crippen LogP contribution in [0, 0.1) is 0 Å². The van der Waals surface area contributed by atoms with Crippen LogP contribution >= 0.6 is 0 Å². The van der Waals surface area contributed by atoms with Gasteiger partial charge in [-0.2, -0.15) is 0 Å². The highest BCUT2D eigenvalue weighted by Gasteiger charge is 2.32. The number of carbonyl (C=O) groups excluding carboxylic acids is 1. The number of para-hydroxylation sites is 1. The Balaban J connectivity index is 1.59. The first kappa shape index (κ1) is 19.4. The van der Waals surface area contributed by atoms with E-state index in [1.165, 1.54) is 11.0 Å². The Labute approximate surface area is 169 Å². The van der Waals surface area contributed by atoms with Gasteiger partial charge in [-0.15, -0.1) is 0 Å². The number of quaternary nitrogens is 1. The smallest absolute Gasteiger partial charge is 0.287 e. The summed E-state index contributed by atoms with van der Waals surface area (Å²) in [6.07, 6.45) is 0. The van der Waals surface area contributed by atoms with E-state index in [0.29, 0.717) is 24.2 Å². The quantitative estimate of drug-likeness (QED) is 0.690. The third-order valence-electron chi connectivity index (χ3n) is 5.45. The van der Waals surface area contributed by atoms with E-state index in [2.05, 4.69) is 17.4 Å². The fourth-order valence-electron chi connectivity index (χ4n) is 4.06. The summed E-state index contributed by atoms with van der Waals surface area (Å²) in [5, 5.41) is 3.52. The van der Waals surface area contributed by atoms with Gasteiger partial charge in [0, 0.05) is 11.6 Å². The molecule has 1 aliphatic heterocycles. The molecule has 3 aromatic rings. The lowest BCUT2D eigenvalue weighted by Gasteiger charge is -2.35. The highest BCUT2D eigenvalue weighted by Crippen LogP contribution is 2.16. The first-order valence-electron chi connectivity index (χ1n) is 9.94. The second-order valence-corrected chi connectivity index (χ2v) is 7.39. The molecule has 2 heterocycles. The topological polar surface area (TPSA) is 73.0 Å². The number of morpholine rings is 1. The highest BCUT2D eigenvalue weighted by molar-refractivity contribution is 5.93. The Morgan fingerprint density at radius 1 is 1.03 bits per heavy atom. The Morgan fingerprint density at radius 3 is 2.48 bits per heavy atom. The zero-order chi connectivity index (χ0) is 20.2.